The van der Waals surface area contributed by atoms with Crippen LogP contribution in [0.15, 0.2) is 53.6 Å². The van der Waals surface area contributed by atoms with Crippen molar-refractivity contribution in [2.45, 2.75) is 25.8 Å². The van der Waals surface area contributed by atoms with Gasteiger partial charge in [-0.1, -0.05) is 31.2 Å². The number of hydrazone groups is 1. The van der Waals surface area contributed by atoms with Crippen molar-refractivity contribution in [3.63, 3.8) is 0 Å². The Balaban J connectivity index is 1.91. The second-order valence-corrected chi connectivity index (χ2v) is 6.35. The first-order chi connectivity index (χ1) is 12.0. The van der Waals surface area contributed by atoms with Crippen molar-refractivity contribution < 1.29 is 9.18 Å². The summed E-state index contributed by atoms with van der Waals surface area (Å²) in [5.41, 5.74) is 3.81. The van der Waals surface area contributed by atoms with Crippen molar-refractivity contribution in [3.05, 3.63) is 65.5 Å². The quantitative estimate of drug-likeness (QED) is 0.845. The molecule has 1 aliphatic heterocycles. The van der Waals surface area contributed by atoms with Crippen LogP contribution in [0.25, 0.3) is 0 Å². The molecule has 2 aromatic rings. The van der Waals surface area contributed by atoms with E-state index in [2.05, 4.69) is 5.10 Å². The van der Waals surface area contributed by atoms with E-state index in [0.29, 0.717) is 12.8 Å². The molecule has 3 rings (SSSR count). The summed E-state index contributed by atoms with van der Waals surface area (Å²) in [4.78, 5) is 14.4. The Morgan fingerprint density at radius 2 is 1.80 bits per heavy atom. The fourth-order valence-corrected chi connectivity index (χ4v) is 2.97. The predicted octanol–water partition coefficient (Wildman–Crippen LogP) is 3.98. The molecule has 0 aliphatic carbocycles. The predicted molar refractivity (Wildman–Crippen MR) is 98.2 cm³/mol. The van der Waals surface area contributed by atoms with E-state index < -0.39 is 0 Å². The van der Waals surface area contributed by atoms with E-state index in [9.17, 15) is 9.18 Å². The smallest absolute Gasteiger partial charge is 0.242 e. The second kappa shape index (κ2) is 7.05. The van der Waals surface area contributed by atoms with Gasteiger partial charge in [0.15, 0.2) is 0 Å². The van der Waals surface area contributed by atoms with Gasteiger partial charge in [-0.05, 0) is 35.4 Å². The molecule has 1 heterocycles. The lowest BCUT2D eigenvalue weighted by Gasteiger charge is -2.22. The summed E-state index contributed by atoms with van der Waals surface area (Å²) in [7, 11) is 3.99. The number of nitrogens with zero attached hydrogens (tertiary/aromatic N) is 3. The van der Waals surface area contributed by atoms with Crippen LogP contribution in [0.5, 0.6) is 0 Å². The van der Waals surface area contributed by atoms with E-state index >= 15 is 0 Å². The molecule has 5 heteroatoms. The first kappa shape index (κ1) is 17.1. The largest absolute Gasteiger partial charge is 0.378 e. The van der Waals surface area contributed by atoms with Crippen LogP contribution in [-0.2, 0) is 4.79 Å². The maximum Gasteiger partial charge on any atom is 0.242 e. The fourth-order valence-electron chi connectivity index (χ4n) is 2.97. The molecule has 2 aromatic carbocycles. The van der Waals surface area contributed by atoms with Crippen molar-refractivity contribution >= 4 is 17.3 Å². The van der Waals surface area contributed by atoms with Crippen molar-refractivity contribution in [1.82, 2.24) is 5.01 Å². The van der Waals surface area contributed by atoms with Crippen LogP contribution in [0.4, 0.5) is 10.1 Å². The first-order valence-corrected chi connectivity index (χ1v) is 8.42. The minimum atomic E-state index is -0.278. The van der Waals surface area contributed by atoms with Gasteiger partial charge in [0, 0.05) is 32.6 Å². The number of benzene rings is 2. The highest BCUT2D eigenvalue weighted by atomic mass is 19.1. The molecule has 0 aromatic heterocycles. The minimum Gasteiger partial charge on any atom is -0.378 e. The van der Waals surface area contributed by atoms with Gasteiger partial charge in [-0.2, -0.15) is 5.10 Å². The van der Waals surface area contributed by atoms with E-state index in [0.717, 1.165) is 22.5 Å². The number of carbonyl (C=O) groups is 1. The summed E-state index contributed by atoms with van der Waals surface area (Å²) in [6, 6.07) is 14.3. The Morgan fingerprint density at radius 1 is 1.16 bits per heavy atom. The number of halogens is 1. The first-order valence-electron chi connectivity index (χ1n) is 8.42. The average molecular weight is 339 g/mol. The summed E-state index contributed by atoms with van der Waals surface area (Å²) in [5.74, 6) is -0.293. The third-order valence-corrected chi connectivity index (χ3v) is 4.44. The molecule has 4 nitrogen and oxygen atoms in total. The fraction of sp³-hybridized carbons (Fsp3) is 0.300. The molecule has 130 valence electrons. The lowest BCUT2D eigenvalue weighted by molar-refractivity contribution is -0.132. The van der Waals surface area contributed by atoms with Gasteiger partial charge in [-0.25, -0.2) is 9.40 Å². The van der Waals surface area contributed by atoms with Crippen LogP contribution in [0.1, 0.15) is 36.9 Å². The molecule has 25 heavy (non-hydrogen) atoms. The zero-order valence-corrected chi connectivity index (χ0v) is 14.7. The van der Waals surface area contributed by atoms with E-state index in [4.69, 9.17) is 0 Å². The molecule has 0 bridgehead atoms. The van der Waals surface area contributed by atoms with Gasteiger partial charge in [0.25, 0.3) is 0 Å². The SMILES string of the molecule is CCC(=O)N1N=C(c2ccc(F)cc2)C[C@@H]1c1ccc(N(C)C)cc1. The maximum absolute atomic E-state index is 13.2. The minimum absolute atomic E-state index is 0.0150. The number of amides is 1. The van der Waals surface area contributed by atoms with E-state index in [-0.39, 0.29) is 17.8 Å². The third-order valence-electron chi connectivity index (χ3n) is 4.44. The second-order valence-electron chi connectivity index (χ2n) is 6.35. The molecule has 0 saturated carbocycles. The van der Waals surface area contributed by atoms with Crippen molar-refractivity contribution in [3.8, 4) is 0 Å². The van der Waals surface area contributed by atoms with E-state index in [1.807, 2.05) is 50.2 Å². The lowest BCUT2D eigenvalue weighted by Crippen LogP contribution is -2.26. The Morgan fingerprint density at radius 3 is 2.36 bits per heavy atom. The highest BCUT2D eigenvalue weighted by Crippen LogP contribution is 2.34. The van der Waals surface area contributed by atoms with Crippen LogP contribution >= 0.6 is 0 Å². The summed E-state index contributed by atoms with van der Waals surface area (Å²) in [5, 5.41) is 6.11. The van der Waals surface area contributed by atoms with Gasteiger partial charge in [-0.3, -0.25) is 4.79 Å². The molecule has 0 N–H and O–H groups in total. The number of anilines is 1. The molecule has 0 radical (unpaired) electrons. The van der Waals surface area contributed by atoms with E-state index in [1.54, 1.807) is 17.1 Å². The van der Waals surface area contributed by atoms with Crippen molar-refractivity contribution in [2.75, 3.05) is 19.0 Å². The Hall–Kier alpha value is -2.69. The van der Waals surface area contributed by atoms with Gasteiger partial charge < -0.3 is 4.90 Å². The third kappa shape index (κ3) is 3.55. The molecule has 0 fully saturated rings. The molecular formula is C20H22FN3O. The average Bonchev–Trinajstić information content (AvgIpc) is 3.07. The van der Waals surface area contributed by atoms with Crippen LogP contribution in [0.3, 0.4) is 0 Å². The van der Waals surface area contributed by atoms with E-state index in [1.165, 1.54) is 12.1 Å². The normalized spacial score (nSPS) is 16.7. The number of hydrogen-bond acceptors (Lipinski definition) is 3. The van der Waals surface area contributed by atoms with Crippen molar-refractivity contribution in [2.24, 2.45) is 5.10 Å². The number of hydrogen-bond donors (Lipinski definition) is 0. The van der Waals surface area contributed by atoms with Gasteiger partial charge in [0.05, 0.1) is 11.8 Å². The molecule has 1 amide bonds. The van der Waals surface area contributed by atoms with Crippen molar-refractivity contribution in [1.29, 1.82) is 0 Å². The summed E-state index contributed by atoms with van der Waals surface area (Å²) in [6.45, 7) is 1.83. The summed E-state index contributed by atoms with van der Waals surface area (Å²) < 4.78 is 13.2. The molecule has 0 saturated heterocycles. The standard InChI is InChI=1S/C20H22FN3O/c1-4-20(25)24-19(15-7-11-17(12-8-15)23(2)3)13-18(22-24)14-5-9-16(21)10-6-14/h5-12,19H,4,13H2,1-3H3/t19-/m1/s1. The molecule has 0 spiro atoms. The maximum atomic E-state index is 13.2. The Labute approximate surface area is 147 Å². The highest BCUT2D eigenvalue weighted by Gasteiger charge is 2.32. The summed E-state index contributed by atoms with van der Waals surface area (Å²) in [6.07, 6.45) is 1.02. The number of carbonyl (C=O) groups excluding carboxylic acids is 1. The van der Waals surface area contributed by atoms with Crippen LogP contribution in [0.2, 0.25) is 0 Å². The molecule has 0 unspecified atom stereocenters. The zero-order chi connectivity index (χ0) is 18.0. The van der Waals surface area contributed by atoms with Gasteiger partial charge in [0.1, 0.15) is 5.82 Å². The van der Waals surface area contributed by atoms with Crippen LogP contribution in [-0.4, -0.2) is 30.7 Å². The lowest BCUT2D eigenvalue weighted by atomic mass is 9.98. The Kier molecular flexibility index (Phi) is 4.83. The van der Waals surface area contributed by atoms with Gasteiger partial charge >= 0.3 is 0 Å². The topological polar surface area (TPSA) is 35.9 Å². The monoisotopic (exact) mass is 339 g/mol. The van der Waals surface area contributed by atoms with Gasteiger partial charge in [-0.15, -0.1) is 0 Å². The number of rotatable bonds is 4. The molecule has 1 aliphatic rings. The van der Waals surface area contributed by atoms with Crippen LogP contribution in [0, 0.1) is 5.82 Å². The van der Waals surface area contributed by atoms with Crippen LogP contribution < -0.4 is 4.90 Å². The summed E-state index contributed by atoms with van der Waals surface area (Å²) >= 11 is 0. The van der Waals surface area contributed by atoms with Gasteiger partial charge in [0.2, 0.25) is 5.91 Å². The zero-order valence-electron chi connectivity index (χ0n) is 14.7. The Bertz CT molecular complexity index is 782. The molecule has 1 atom stereocenters. The highest BCUT2D eigenvalue weighted by molar-refractivity contribution is 6.03. The molecular weight excluding hydrogens is 317 g/mol.